The highest BCUT2D eigenvalue weighted by molar-refractivity contribution is 7.87. The molecule has 0 atom stereocenters. The highest BCUT2D eigenvalue weighted by Crippen LogP contribution is 2.22. The molecule has 1 N–H and O–H groups in total. The minimum atomic E-state index is -4.22. The summed E-state index contributed by atoms with van der Waals surface area (Å²) < 4.78 is 30.0. The van der Waals surface area contributed by atoms with E-state index in [4.69, 9.17) is 16.2 Å². The van der Waals surface area contributed by atoms with Crippen LogP contribution in [0.4, 0.5) is 0 Å². The quantitative estimate of drug-likeness (QED) is 0.566. The predicted octanol–water partition coefficient (Wildman–Crippen LogP) is 1.88. The van der Waals surface area contributed by atoms with Crippen LogP contribution in [0.25, 0.3) is 0 Å². The van der Waals surface area contributed by atoms with E-state index < -0.39 is 10.1 Å². The van der Waals surface area contributed by atoms with E-state index in [0.29, 0.717) is 0 Å². The summed E-state index contributed by atoms with van der Waals surface area (Å²) in [6.07, 6.45) is 0. The second-order valence-electron chi connectivity index (χ2n) is 2.09. The maximum atomic E-state index is 10.7. The van der Waals surface area contributed by atoms with E-state index in [-0.39, 0.29) is 14.8 Å². The average Bonchev–Trinajstić information content (AvgIpc) is 1.92. The SMILES string of the molecule is O=S(=O)(O)c1cc(Cl)ccc1S. The van der Waals surface area contributed by atoms with Crippen molar-refractivity contribution < 1.29 is 13.0 Å². The van der Waals surface area contributed by atoms with E-state index in [2.05, 4.69) is 12.6 Å². The van der Waals surface area contributed by atoms with Gasteiger partial charge in [0.25, 0.3) is 10.1 Å². The number of thiol groups is 1. The van der Waals surface area contributed by atoms with Gasteiger partial charge < -0.3 is 0 Å². The molecule has 0 aromatic heterocycles. The molecule has 0 amide bonds. The first-order chi connectivity index (χ1) is 5.41. The van der Waals surface area contributed by atoms with Gasteiger partial charge in [-0.2, -0.15) is 8.42 Å². The van der Waals surface area contributed by atoms with Gasteiger partial charge in [-0.25, -0.2) is 0 Å². The molecule has 0 aliphatic carbocycles. The van der Waals surface area contributed by atoms with Crippen molar-refractivity contribution >= 4 is 34.3 Å². The molecule has 0 aliphatic rings. The molecule has 0 bridgehead atoms. The highest BCUT2D eigenvalue weighted by atomic mass is 35.5. The first kappa shape index (κ1) is 9.85. The smallest absolute Gasteiger partial charge is 0.282 e. The molecule has 1 aromatic rings. The van der Waals surface area contributed by atoms with Gasteiger partial charge in [0.05, 0.1) is 0 Å². The monoisotopic (exact) mass is 224 g/mol. The topological polar surface area (TPSA) is 54.4 Å². The number of hydrogen-bond acceptors (Lipinski definition) is 3. The zero-order valence-electron chi connectivity index (χ0n) is 5.73. The van der Waals surface area contributed by atoms with Gasteiger partial charge in [-0.05, 0) is 18.2 Å². The van der Waals surface area contributed by atoms with Crippen LogP contribution in [0.3, 0.4) is 0 Å². The summed E-state index contributed by atoms with van der Waals surface area (Å²) >= 11 is 9.35. The molecule has 12 heavy (non-hydrogen) atoms. The predicted molar refractivity (Wildman–Crippen MR) is 48.5 cm³/mol. The Bertz CT molecular complexity index is 399. The summed E-state index contributed by atoms with van der Waals surface area (Å²) in [7, 11) is -4.22. The van der Waals surface area contributed by atoms with Gasteiger partial charge in [0.2, 0.25) is 0 Å². The van der Waals surface area contributed by atoms with Crippen LogP contribution < -0.4 is 0 Å². The molecule has 0 aliphatic heterocycles. The summed E-state index contributed by atoms with van der Waals surface area (Å²) in [4.78, 5) is -0.111. The Morgan fingerprint density at radius 2 is 2.00 bits per heavy atom. The first-order valence-corrected chi connectivity index (χ1v) is 5.14. The molecule has 1 aromatic carbocycles. The van der Waals surface area contributed by atoms with Crippen LogP contribution in [-0.4, -0.2) is 13.0 Å². The third-order valence-corrected chi connectivity index (χ3v) is 2.87. The maximum absolute atomic E-state index is 10.7. The largest absolute Gasteiger partial charge is 0.295 e. The van der Waals surface area contributed by atoms with Crippen molar-refractivity contribution in [3.63, 3.8) is 0 Å². The van der Waals surface area contributed by atoms with E-state index in [9.17, 15) is 8.42 Å². The van der Waals surface area contributed by atoms with Crippen LogP contribution in [-0.2, 0) is 10.1 Å². The zero-order chi connectivity index (χ0) is 9.35. The molecule has 0 spiro atoms. The normalized spacial score (nSPS) is 11.6. The van der Waals surface area contributed by atoms with Crippen molar-refractivity contribution in [2.75, 3.05) is 0 Å². The Hall–Kier alpha value is -0.230. The lowest BCUT2D eigenvalue weighted by molar-refractivity contribution is 0.481. The fourth-order valence-electron chi connectivity index (χ4n) is 0.695. The molecule has 0 saturated carbocycles. The fourth-order valence-corrected chi connectivity index (χ4v) is 2.02. The molecule has 0 heterocycles. The van der Waals surface area contributed by atoms with E-state index >= 15 is 0 Å². The number of halogens is 1. The van der Waals surface area contributed by atoms with Crippen molar-refractivity contribution in [3.05, 3.63) is 23.2 Å². The van der Waals surface area contributed by atoms with Gasteiger partial charge in [-0.1, -0.05) is 11.6 Å². The highest BCUT2D eigenvalue weighted by Gasteiger charge is 2.13. The zero-order valence-corrected chi connectivity index (χ0v) is 8.20. The van der Waals surface area contributed by atoms with Gasteiger partial charge in [0.15, 0.2) is 0 Å². The molecule has 1 rings (SSSR count). The molecule has 3 nitrogen and oxygen atoms in total. The minimum Gasteiger partial charge on any atom is -0.282 e. The Labute approximate surface area is 80.5 Å². The summed E-state index contributed by atoms with van der Waals surface area (Å²) in [5.41, 5.74) is 0. The second-order valence-corrected chi connectivity index (χ2v) is 4.40. The Balaban J connectivity index is 3.43. The van der Waals surface area contributed by atoms with E-state index in [1.54, 1.807) is 0 Å². The molecule has 0 saturated heterocycles. The second kappa shape index (κ2) is 3.26. The van der Waals surface area contributed by atoms with Crippen LogP contribution in [0.15, 0.2) is 28.0 Å². The Kier molecular flexibility index (Phi) is 2.67. The van der Waals surface area contributed by atoms with Gasteiger partial charge in [0, 0.05) is 9.92 Å². The van der Waals surface area contributed by atoms with Crippen molar-refractivity contribution in [2.24, 2.45) is 0 Å². The minimum absolute atomic E-state index is 0.168. The van der Waals surface area contributed by atoms with Crippen molar-refractivity contribution in [1.82, 2.24) is 0 Å². The molecular formula is C6H5ClO3S2. The molecular weight excluding hydrogens is 220 g/mol. The Morgan fingerprint density at radius 3 is 2.42 bits per heavy atom. The fraction of sp³-hybridized carbons (Fsp3) is 0. The van der Waals surface area contributed by atoms with Crippen LogP contribution in [0.1, 0.15) is 0 Å². The van der Waals surface area contributed by atoms with Gasteiger partial charge in [-0.15, -0.1) is 12.6 Å². The summed E-state index contributed by atoms with van der Waals surface area (Å²) in [5.74, 6) is 0. The van der Waals surface area contributed by atoms with Crippen molar-refractivity contribution in [2.45, 2.75) is 9.79 Å². The Morgan fingerprint density at radius 1 is 1.42 bits per heavy atom. The third-order valence-electron chi connectivity index (χ3n) is 1.20. The summed E-state index contributed by atoms with van der Waals surface area (Å²) in [6.45, 7) is 0. The van der Waals surface area contributed by atoms with E-state index in [1.165, 1.54) is 12.1 Å². The van der Waals surface area contributed by atoms with Crippen molar-refractivity contribution in [1.29, 1.82) is 0 Å². The number of benzene rings is 1. The maximum Gasteiger partial charge on any atom is 0.295 e. The van der Waals surface area contributed by atoms with Crippen LogP contribution in [0, 0.1) is 0 Å². The lowest BCUT2D eigenvalue weighted by Gasteiger charge is -2.00. The number of hydrogen-bond donors (Lipinski definition) is 2. The summed E-state index contributed by atoms with van der Waals surface area (Å²) in [5, 5.41) is 0.237. The lowest BCUT2D eigenvalue weighted by Crippen LogP contribution is -1.98. The van der Waals surface area contributed by atoms with Crippen molar-refractivity contribution in [3.8, 4) is 0 Å². The standard InChI is InChI=1S/C6H5ClO3S2/c7-4-1-2-5(11)6(3-4)12(8,9)10/h1-3,11H,(H,8,9,10). The van der Waals surface area contributed by atoms with Gasteiger partial charge in [0.1, 0.15) is 4.90 Å². The first-order valence-electron chi connectivity index (χ1n) is 2.87. The lowest BCUT2D eigenvalue weighted by atomic mass is 10.4. The van der Waals surface area contributed by atoms with Crippen LogP contribution >= 0.6 is 24.2 Å². The molecule has 6 heteroatoms. The van der Waals surface area contributed by atoms with E-state index in [0.717, 1.165) is 6.07 Å². The molecule has 66 valence electrons. The van der Waals surface area contributed by atoms with Crippen LogP contribution in [0.2, 0.25) is 5.02 Å². The molecule has 0 radical (unpaired) electrons. The van der Waals surface area contributed by atoms with Crippen LogP contribution in [0.5, 0.6) is 0 Å². The van der Waals surface area contributed by atoms with E-state index in [1.807, 2.05) is 0 Å². The average molecular weight is 225 g/mol. The number of rotatable bonds is 1. The van der Waals surface area contributed by atoms with Gasteiger partial charge in [-0.3, -0.25) is 4.55 Å². The molecule has 0 fully saturated rings. The van der Waals surface area contributed by atoms with Gasteiger partial charge >= 0.3 is 0 Å². The molecule has 0 unspecified atom stereocenters. The third kappa shape index (κ3) is 2.13. The summed E-state index contributed by atoms with van der Waals surface area (Å²) in [6, 6.07) is 4.02.